The summed E-state index contributed by atoms with van der Waals surface area (Å²) in [6.45, 7) is 0. The Hall–Kier alpha value is -2.43. The monoisotopic (exact) mass is 351 g/mol. The van der Waals surface area contributed by atoms with Crippen LogP contribution in [0.2, 0.25) is 0 Å². The van der Waals surface area contributed by atoms with Gasteiger partial charge < -0.3 is 10.2 Å². The Morgan fingerprint density at radius 2 is 1.48 bits per heavy atom. The van der Waals surface area contributed by atoms with Gasteiger partial charge in [0.2, 0.25) is 0 Å². The molecule has 0 saturated carbocycles. The minimum Gasteiger partial charge on any atom is -0.343 e. The molecule has 1 aromatic heterocycles. The number of amides is 1. The van der Waals surface area contributed by atoms with Crippen molar-refractivity contribution in [3.05, 3.63) is 94.2 Å². The highest BCUT2D eigenvalue weighted by Gasteiger charge is 2.31. The predicted molar refractivity (Wildman–Crippen MR) is 102 cm³/mol. The average Bonchev–Trinajstić information content (AvgIpc) is 3.18. The Labute approximate surface area is 152 Å². The molecule has 2 N–H and O–H groups in total. The van der Waals surface area contributed by atoms with Crippen molar-refractivity contribution in [1.82, 2.24) is 4.90 Å². The fourth-order valence-electron chi connectivity index (χ4n) is 2.97. The number of carbonyl (C=O) groups excluding carboxylic acids is 1. The van der Waals surface area contributed by atoms with Crippen LogP contribution in [-0.4, -0.2) is 24.9 Å². The average molecular weight is 351 g/mol. The van der Waals surface area contributed by atoms with E-state index >= 15 is 0 Å². The van der Waals surface area contributed by atoms with Gasteiger partial charge in [0, 0.05) is 25.2 Å². The molecule has 4 heteroatoms. The lowest BCUT2D eigenvalue weighted by atomic mass is 10.0. The molecule has 3 nitrogen and oxygen atoms in total. The fraction of sp³-hybridized carbons (Fsp3) is 0.190. The highest BCUT2D eigenvalue weighted by Crippen LogP contribution is 2.24. The molecule has 1 amide bonds. The summed E-state index contributed by atoms with van der Waals surface area (Å²) in [7, 11) is 3.63. The SMILES string of the molecule is CN(C)C(=O)[C@@H]([NH2+][C@@H](c1ccccc1)c1cccs1)c1ccccc1. The van der Waals surface area contributed by atoms with Gasteiger partial charge in [0.1, 0.15) is 6.04 Å². The van der Waals surface area contributed by atoms with Crippen LogP contribution < -0.4 is 5.32 Å². The van der Waals surface area contributed by atoms with Crippen molar-refractivity contribution in [2.45, 2.75) is 12.1 Å². The molecule has 0 aliphatic rings. The third kappa shape index (κ3) is 4.16. The van der Waals surface area contributed by atoms with Crippen molar-refractivity contribution in [1.29, 1.82) is 0 Å². The van der Waals surface area contributed by atoms with E-state index in [4.69, 9.17) is 0 Å². The maximum absolute atomic E-state index is 12.9. The molecule has 128 valence electrons. The Kier molecular flexibility index (Phi) is 5.64. The molecular formula is C21H23N2OS+. The van der Waals surface area contributed by atoms with Crippen LogP contribution in [0.4, 0.5) is 0 Å². The standard InChI is InChI=1S/C21H22N2OS/c1-23(2)21(24)20(17-12-7-4-8-13-17)22-19(18-14-9-15-25-18)16-10-5-3-6-11-16/h3-15,19-20,22H,1-2H3/p+1/t19-,20-/m0/s1. The van der Waals surface area contributed by atoms with E-state index in [-0.39, 0.29) is 18.0 Å². The van der Waals surface area contributed by atoms with Gasteiger partial charge in [-0.1, -0.05) is 66.7 Å². The molecule has 0 aliphatic heterocycles. The number of benzene rings is 2. The molecular weight excluding hydrogens is 328 g/mol. The minimum atomic E-state index is -0.275. The number of nitrogens with two attached hydrogens (primary N) is 1. The van der Waals surface area contributed by atoms with Crippen LogP contribution >= 0.6 is 11.3 Å². The third-order valence-corrected chi connectivity index (χ3v) is 5.21. The van der Waals surface area contributed by atoms with Gasteiger partial charge in [-0.05, 0) is 11.4 Å². The molecule has 3 aromatic rings. The molecule has 1 heterocycles. The van der Waals surface area contributed by atoms with Crippen molar-refractivity contribution in [2.75, 3.05) is 14.1 Å². The second-order valence-corrected chi connectivity index (χ2v) is 7.20. The van der Waals surface area contributed by atoms with E-state index < -0.39 is 0 Å². The van der Waals surface area contributed by atoms with Gasteiger partial charge in [-0.25, -0.2) is 0 Å². The van der Waals surface area contributed by atoms with E-state index in [9.17, 15) is 4.79 Å². The van der Waals surface area contributed by atoms with Crippen molar-refractivity contribution in [2.24, 2.45) is 0 Å². The van der Waals surface area contributed by atoms with Gasteiger partial charge in [-0.3, -0.25) is 4.79 Å². The van der Waals surface area contributed by atoms with Crippen LogP contribution in [0.1, 0.15) is 28.1 Å². The van der Waals surface area contributed by atoms with Crippen LogP contribution in [0.3, 0.4) is 0 Å². The molecule has 0 radical (unpaired) electrons. The quantitative estimate of drug-likeness (QED) is 0.727. The van der Waals surface area contributed by atoms with Crippen molar-refractivity contribution < 1.29 is 10.1 Å². The molecule has 0 spiro atoms. The zero-order valence-corrected chi connectivity index (χ0v) is 15.3. The molecule has 2 atom stereocenters. The van der Waals surface area contributed by atoms with Crippen molar-refractivity contribution >= 4 is 17.2 Å². The lowest BCUT2D eigenvalue weighted by Gasteiger charge is -2.24. The summed E-state index contributed by atoms with van der Waals surface area (Å²) in [5.74, 6) is 0.101. The highest BCUT2D eigenvalue weighted by atomic mass is 32.1. The summed E-state index contributed by atoms with van der Waals surface area (Å²) < 4.78 is 0. The first kappa shape index (κ1) is 17.4. The number of hydrogen-bond acceptors (Lipinski definition) is 2. The predicted octanol–water partition coefficient (Wildman–Crippen LogP) is 3.23. The molecule has 25 heavy (non-hydrogen) atoms. The van der Waals surface area contributed by atoms with E-state index in [2.05, 4.69) is 47.1 Å². The van der Waals surface area contributed by atoms with Gasteiger partial charge in [-0.2, -0.15) is 0 Å². The van der Waals surface area contributed by atoms with Crippen LogP contribution in [0.5, 0.6) is 0 Å². The summed E-state index contributed by atoms with van der Waals surface area (Å²) in [5, 5.41) is 4.27. The number of quaternary nitrogens is 1. The Morgan fingerprint density at radius 1 is 0.880 bits per heavy atom. The second kappa shape index (κ2) is 8.10. The summed E-state index contributed by atoms with van der Waals surface area (Å²) in [6.07, 6.45) is 0. The number of carbonyl (C=O) groups is 1. The van der Waals surface area contributed by atoms with Gasteiger partial charge in [0.15, 0.2) is 6.04 Å². The zero-order chi connectivity index (χ0) is 17.6. The van der Waals surface area contributed by atoms with Crippen molar-refractivity contribution in [3.63, 3.8) is 0 Å². The molecule has 0 fully saturated rings. The Balaban J connectivity index is 1.98. The number of likely N-dealkylation sites (N-methyl/N-ethyl adjacent to an activating group) is 1. The second-order valence-electron chi connectivity index (χ2n) is 6.22. The first-order valence-electron chi connectivity index (χ1n) is 8.36. The number of thiophene rings is 1. The van der Waals surface area contributed by atoms with E-state index in [1.54, 1.807) is 16.2 Å². The summed E-state index contributed by atoms with van der Waals surface area (Å²) >= 11 is 1.73. The number of hydrogen-bond donors (Lipinski definition) is 1. The lowest BCUT2D eigenvalue weighted by molar-refractivity contribution is -0.713. The van der Waals surface area contributed by atoms with Crippen LogP contribution in [0.25, 0.3) is 0 Å². The van der Waals surface area contributed by atoms with Crippen LogP contribution in [0, 0.1) is 0 Å². The largest absolute Gasteiger partial charge is 0.343 e. The zero-order valence-electron chi connectivity index (χ0n) is 14.5. The van der Waals surface area contributed by atoms with E-state index in [0.717, 1.165) is 5.56 Å². The highest BCUT2D eigenvalue weighted by molar-refractivity contribution is 7.10. The molecule has 0 saturated heterocycles. The van der Waals surface area contributed by atoms with Gasteiger partial charge in [0.05, 0.1) is 4.88 Å². The third-order valence-electron chi connectivity index (χ3n) is 4.26. The minimum absolute atomic E-state index is 0.0929. The Bertz CT molecular complexity index is 785. The fourth-order valence-corrected chi connectivity index (χ4v) is 3.80. The summed E-state index contributed by atoms with van der Waals surface area (Å²) in [4.78, 5) is 15.8. The maximum Gasteiger partial charge on any atom is 0.285 e. The molecule has 0 aliphatic carbocycles. The van der Waals surface area contributed by atoms with Gasteiger partial charge in [0.25, 0.3) is 5.91 Å². The van der Waals surface area contributed by atoms with Gasteiger partial charge in [-0.15, -0.1) is 11.3 Å². The van der Waals surface area contributed by atoms with Crippen molar-refractivity contribution in [3.8, 4) is 0 Å². The molecule has 3 rings (SSSR count). The lowest BCUT2D eigenvalue weighted by Crippen LogP contribution is -2.88. The Morgan fingerprint density at radius 3 is 2.00 bits per heavy atom. The van der Waals surface area contributed by atoms with Crippen LogP contribution in [0.15, 0.2) is 78.2 Å². The first-order valence-corrected chi connectivity index (χ1v) is 9.24. The molecule has 0 unspecified atom stereocenters. The topological polar surface area (TPSA) is 36.9 Å². The van der Waals surface area contributed by atoms with Crippen LogP contribution in [-0.2, 0) is 4.79 Å². The molecule has 2 aromatic carbocycles. The number of rotatable bonds is 6. The van der Waals surface area contributed by atoms with E-state index in [1.807, 2.05) is 50.5 Å². The van der Waals surface area contributed by atoms with Gasteiger partial charge >= 0.3 is 0 Å². The number of nitrogens with zero attached hydrogens (tertiary/aromatic N) is 1. The normalized spacial score (nSPS) is 13.2. The smallest absolute Gasteiger partial charge is 0.285 e. The summed E-state index contributed by atoms with van der Waals surface area (Å²) in [6, 6.07) is 24.4. The molecule has 0 bridgehead atoms. The summed E-state index contributed by atoms with van der Waals surface area (Å²) in [5.41, 5.74) is 2.23. The maximum atomic E-state index is 12.9. The first-order chi connectivity index (χ1) is 12.2. The van der Waals surface area contributed by atoms with E-state index in [0.29, 0.717) is 0 Å². The van der Waals surface area contributed by atoms with E-state index in [1.165, 1.54) is 10.4 Å².